The Morgan fingerprint density at radius 2 is 1.24 bits per heavy atom. The Balaban J connectivity index is 1.81. The van der Waals surface area contributed by atoms with Crippen LogP contribution in [0.4, 0.5) is 10.5 Å². The Bertz CT molecular complexity index is 794. The lowest BCUT2D eigenvalue weighted by atomic mass is 9.99. The molecule has 3 nitrogen and oxygen atoms in total. The zero-order chi connectivity index (χ0) is 17.6. The van der Waals surface area contributed by atoms with Gasteiger partial charge < -0.3 is 10.6 Å². The van der Waals surface area contributed by atoms with Crippen LogP contribution in [-0.2, 0) is 0 Å². The molecule has 0 aliphatic carbocycles. The van der Waals surface area contributed by atoms with Crippen LogP contribution >= 0.6 is 23.2 Å². The maximum absolute atomic E-state index is 12.5. The molecule has 126 valence electrons. The van der Waals surface area contributed by atoms with Crippen molar-refractivity contribution in [1.29, 1.82) is 0 Å². The van der Waals surface area contributed by atoms with Crippen molar-refractivity contribution < 1.29 is 4.79 Å². The Hall–Kier alpha value is -2.49. The highest BCUT2D eigenvalue weighted by molar-refractivity contribution is 6.35. The van der Waals surface area contributed by atoms with Crippen molar-refractivity contribution >= 4 is 34.9 Å². The highest BCUT2D eigenvalue weighted by Crippen LogP contribution is 2.24. The third-order valence-electron chi connectivity index (χ3n) is 3.66. The van der Waals surface area contributed by atoms with Crippen molar-refractivity contribution in [1.82, 2.24) is 5.32 Å². The summed E-state index contributed by atoms with van der Waals surface area (Å²) in [5.74, 6) is 0. The van der Waals surface area contributed by atoms with Gasteiger partial charge in [-0.25, -0.2) is 4.79 Å². The van der Waals surface area contributed by atoms with Crippen LogP contribution in [0, 0.1) is 0 Å². The lowest BCUT2D eigenvalue weighted by Crippen LogP contribution is -2.33. The van der Waals surface area contributed by atoms with Crippen molar-refractivity contribution in [3.8, 4) is 0 Å². The largest absolute Gasteiger partial charge is 0.327 e. The number of anilines is 1. The molecular weight excluding hydrogens is 355 g/mol. The van der Waals surface area contributed by atoms with Crippen molar-refractivity contribution in [3.05, 3.63) is 100 Å². The first-order chi connectivity index (χ1) is 12.1. The second-order valence-corrected chi connectivity index (χ2v) is 6.38. The standard InChI is InChI=1S/C20H16Cl2N2O/c21-16-11-17(22)13-18(12-16)23-20(25)24-19(14-7-3-1-4-8-14)15-9-5-2-6-10-15/h1-13,19H,(H2,23,24,25). The number of urea groups is 1. The zero-order valence-corrected chi connectivity index (χ0v) is 14.8. The Morgan fingerprint density at radius 3 is 1.72 bits per heavy atom. The molecule has 0 heterocycles. The summed E-state index contributed by atoms with van der Waals surface area (Å²) in [6.07, 6.45) is 0. The molecule has 0 saturated heterocycles. The maximum Gasteiger partial charge on any atom is 0.319 e. The van der Waals surface area contributed by atoms with Gasteiger partial charge in [0, 0.05) is 15.7 Å². The number of rotatable bonds is 4. The molecule has 0 aliphatic heterocycles. The Labute approximate surface area is 156 Å². The second-order valence-electron chi connectivity index (χ2n) is 5.51. The van der Waals surface area contributed by atoms with Gasteiger partial charge in [-0.2, -0.15) is 0 Å². The first-order valence-corrected chi connectivity index (χ1v) is 8.51. The van der Waals surface area contributed by atoms with E-state index in [1.165, 1.54) is 0 Å². The smallest absolute Gasteiger partial charge is 0.319 e. The molecule has 0 fully saturated rings. The molecule has 3 aromatic rings. The van der Waals surface area contributed by atoms with Gasteiger partial charge in [-0.05, 0) is 29.3 Å². The lowest BCUT2D eigenvalue weighted by molar-refractivity contribution is 0.250. The van der Waals surface area contributed by atoms with Gasteiger partial charge in [0.15, 0.2) is 0 Å². The summed E-state index contributed by atoms with van der Waals surface area (Å²) in [6.45, 7) is 0. The maximum atomic E-state index is 12.5. The highest BCUT2D eigenvalue weighted by atomic mass is 35.5. The summed E-state index contributed by atoms with van der Waals surface area (Å²) >= 11 is 11.9. The molecule has 3 rings (SSSR count). The molecule has 25 heavy (non-hydrogen) atoms. The van der Waals surface area contributed by atoms with E-state index in [1.807, 2.05) is 60.7 Å². The monoisotopic (exact) mass is 370 g/mol. The van der Waals surface area contributed by atoms with E-state index in [0.29, 0.717) is 15.7 Å². The van der Waals surface area contributed by atoms with Crippen molar-refractivity contribution in [2.45, 2.75) is 6.04 Å². The Kier molecular flexibility index (Phi) is 5.59. The van der Waals surface area contributed by atoms with Gasteiger partial charge in [0.05, 0.1) is 6.04 Å². The van der Waals surface area contributed by atoms with Crippen LogP contribution in [0.25, 0.3) is 0 Å². The SMILES string of the molecule is O=C(Nc1cc(Cl)cc(Cl)c1)NC(c1ccccc1)c1ccccc1. The summed E-state index contributed by atoms with van der Waals surface area (Å²) in [5.41, 5.74) is 2.52. The number of hydrogen-bond acceptors (Lipinski definition) is 1. The van der Waals surface area contributed by atoms with Crippen molar-refractivity contribution in [2.75, 3.05) is 5.32 Å². The quantitative estimate of drug-likeness (QED) is 0.589. The fraction of sp³-hybridized carbons (Fsp3) is 0.0500. The molecule has 2 amide bonds. The summed E-state index contributed by atoms with van der Waals surface area (Å²) in [5, 5.41) is 6.70. The van der Waals surface area contributed by atoms with Crippen LogP contribution in [0.3, 0.4) is 0 Å². The first-order valence-electron chi connectivity index (χ1n) is 7.75. The van der Waals surface area contributed by atoms with E-state index in [2.05, 4.69) is 10.6 Å². The van der Waals surface area contributed by atoms with E-state index < -0.39 is 0 Å². The third kappa shape index (κ3) is 4.75. The number of halogens is 2. The van der Waals surface area contributed by atoms with Gasteiger partial charge in [-0.3, -0.25) is 0 Å². The minimum atomic E-state index is -0.337. The van der Waals surface area contributed by atoms with Gasteiger partial charge in [0.2, 0.25) is 0 Å². The van der Waals surface area contributed by atoms with E-state index in [9.17, 15) is 4.79 Å². The summed E-state index contributed by atoms with van der Waals surface area (Å²) in [6, 6.07) is 23.9. The minimum absolute atomic E-state index is 0.267. The summed E-state index contributed by atoms with van der Waals surface area (Å²) in [7, 11) is 0. The number of nitrogens with one attached hydrogen (secondary N) is 2. The average molecular weight is 371 g/mol. The van der Waals surface area contributed by atoms with Crippen LogP contribution in [0.15, 0.2) is 78.9 Å². The average Bonchev–Trinajstić information content (AvgIpc) is 2.60. The van der Waals surface area contributed by atoms with Gasteiger partial charge in [-0.15, -0.1) is 0 Å². The number of hydrogen-bond donors (Lipinski definition) is 2. The highest BCUT2D eigenvalue weighted by Gasteiger charge is 2.16. The number of amides is 2. The van der Waals surface area contributed by atoms with Gasteiger partial charge >= 0.3 is 6.03 Å². The van der Waals surface area contributed by atoms with E-state index in [0.717, 1.165) is 11.1 Å². The van der Waals surface area contributed by atoms with Crippen LogP contribution in [-0.4, -0.2) is 6.03 Å². The van der Waals surface area contributed by atoms with Crippen LogP contribution in [0.2, 0.25) is 10.0 Å². The molecule has 0 aliphatic rings. The van der Waals surface area contributed by atoms with Crippen molar-refractivity contribution in [2.24, 2.45) is 0 Å². The third-order valence-corrected chi connectivity index (χ3v) is 4.10. The fourth-order valence-corrected chi connectivity index (χ4v) is 3.10. The predicted molar refractivity (Wildman–Crippen MR) is 103 cm³/mol. The topological polar surface area (TPSA) is 41.1 Å². The molecule has 0 radical (unpaired) electrons. The number of benzene rings is 3. The predicted octanol–water partition coefficient (Wildman–Crippen LogP) is 5.90. The Morgan fingerprint density at radius 1 is 0.760 bits per heavy atom. The van der Waals surface area contributed by atoms with Gasteiger partial charge in [0.1, 0.15) is 0 Å². The number of carbonyl (C=O) groups excluding carboxylic acids is 1. The molecule has 2 N–H and O–H groups in total. The van der Waals surface area contributed by atoms with Crippen molar-refractivity contribution in [3.63, 3.8) is 0 Å². The van der Waals surface area contributed by atoms with Crippen LogP contribution in [0.1, 0.15) is 17.2 Å². The van der Waals surface area contributed by atoms with E-state index >= 15 is 0 Å². The molecule has 0 unspecified atom stereocenters. The van der Waals surface area contributed by atoms with E-state index in [4.69, 9.17) is 23.2 Å². The lowest BCUT2D eigenvalue weighted by Gasteiger charge is -2.20. The summed E-state index contributed by atoms with van der Waals surface area (Å²) < 4.78 is 0. The zero-order valence-electron chi connectivity index (χ0n) is 13.2. The van der Waals surface area contributed by atoms with E-state index in [1.54, 1.807) is 18.2 Å². The molecule has 3 aromatic carbocycles. The normalized spacial score (nSPS) is 10.5. The van der Waals surface area contributed by atoms with Crippen LogP contribution in [0.5, 0.6) is 0 Å². The molecule has 0 spiro atoms. The summed E-state index contributed by atoms with van der Waals surface area (Å²) in [4.78, 5) is 12.5. The van der Waals surface area contributed by atoms with E-state index in [-0.39, 0.29) is 12.1 Å². The second kappa shape index (κ2) is 8.06. The molecule has 0 aromatic heterocycles. The number of carbonyl (C=O) groups is 1. The molecule has 5 heteroatoms. The molecular formula is C20H16Cl2N2O. The van der Waals surface area contributed by atoms with Crippen LogP contribution < -0.4 is 10.6 Å². The fourth-order valence-electron chi connectivity index (χ4n) is 2.57. The first kappa shape index (κ1) is 17.3. The minimum Gasteiger partial charge on any atom is -0.327 e. The molecule has 0 atom stereocenters. The molecule has 0 saturated carbocycles. The van der Waals surface area contributed by atoms with Gasteiger partial charge in [0.25, 0.3) is 0 Å². The molecule has 0 bridgehead atoms. The van der Waals surface area contributed by atoms with Gasteiger partial charge in [-0.1, -0.05) is 83.9 Å².